The van der Waals surface area contributed by atoms with E-state index >= 15 is 0 Å². The summed E-state index contributed by atoms with van der Waals surface area (Å²) in [5.74, 6) is 0.562. The number of anilines is 1. The van der Waals surface area contributed by atoms with Gasteiger partial charge in [0.15, 0.2) is 0 Å². The quantitative estimate of drug-likeness (QED) is 0.639. The molecule has 0 aliphatic carbocycles. The van der Waals surface area contributed by atoms with Crippen molar-refractivity contribution in [1.82, 2.24) is 9.55 Å². The van der Waals surface area contributed by atoms with Crippen LogP contribution in [0.1, 0.15) is 23.8 Å². The van der Waals surface area contributed by atoms with E-state index in [4.69, 9.17) is 0 Å². The SMILES string of the molecule is Cn1cnc([N+](=O)[O-])c1N1CCC[C@H]1c1cccs1. The van der Waals surface area contributed by atoms with Crippen molar-refractivity contribution in [2.75, 3.05) is 11.4 Å². The Hall–Kier alpha value is -1.89. The summed E-state index contributed by atoms with van der Waals surface area (Å²) < 4.78 is 1.74. The number of nitrogens with zero attached hydrogens (tertiary/aromatic N) is 4. The molecule has 2 aromatic rings. The van der Waals surface area contributed by atoms with Crippen LogP contribution < -0.4 is 4.90 Å². The molecule has 0 unspecified atom stereocenters. The number of aromatic nitrogens is 2. The molecule has 2 aromatic heterocycles. The van der Waals surface area contributed by atoms with Crippen molar-refractivity contribution in [1.29, 1.82) is 0 Å². The van der Waals surface area contributed by atoms with Gasteiger partial charge in [0.1, 0.15) is 0 Å². The fourth-order valence-electron chi connectivity index (χ4n) is 2.67. The Balaban J connectivity index is 2.01. The molecule has 19 heavy (non-hydrogen) atoms. The highest BCUT2D eigenvalue weighted by Gasteiger charge is 2.34. The Morgan fingerprint density at radius 2 is 2.42 bits per heavy atom. The van der Waals surface area contributed by atoms with Crippen molar-refractivity contribution in [2.45, 2.75) is 18.9 Å². The topological polar surface area (TPSA) is 64.2 Å². The first kappa shape index (κ1) is 12.2. The van der Waals surface area contributed by atoms with Crippen LogP contribution in [0.25, 0.3) is 0 Å². The average molecular weight is 278 g/mol. The molecule has 0 radical (unpaired) electrons. The maximum atomic E-state index is 11.1. The van der Waals surface area contributed by atoms with Gasteiger partial charge in [0, 0.05) is 18.5 Å². The van der Waals surface area contributed by atoms with Gasteiger partial charge in [-0.1, -0.05) is 6.07 Å². The van der Waals surface area contributed by atoms with E-state index in [-0.39, 0.29) is 11.9 Å². The van der Waals surface area contributed by atoms with Gasteiger partial charge < -0.3 is 15.0 Å². The Morgan fingerprint density at radius 3 is 3.11 bits per heavy atom. The lowest BCUT2D eigenvalue weighted by Gasteiger charge is -2.24. The van der Waals surface area contributed by atoms with E-state index in [0.29, 0.717) is 5.82 Å². The Bertz CT molecular complexity index is 593. The minimum absolute atomic E-state index is 0.0500. The molecule has 3 rings (SSSR count). The number of imidazole rings is 1. The van der Waals surface area contributed by atoms with Crippen LogP contribution in [0.3, 0.4) is 0 Å². The molecule has 7 heteroatoms. The molecular formula is C12H14N4O2S. The minimum Gasteiger partial charge on any atom is -0.358 e. The summed E-state index contributed by atoms with van der Waals surface area (Å²) in [6.45, 7) is 0.836. The zero-order chi connectivity index (χ0) is 13.4. The third kappa shape index (κ3) is 1.99. The Labute approximate surface area is 114 Å². The predicted octanol–water partition coefficient (Wildman–Crippen LogP) is 2.73. The number of rotatable bonds is 3. The molecule has 3 heterocycles. The second-order valence-corrected chi connectivity index (χ2v) is 5.61. The molecule has 1 atom stereocenters. The maximum absolute atomic E-state index is 11.1. The van der Waals surface area contributed by atoms with E-state index in [1.165, 1.54) is 11.2 Å². The van der Waals surface area contributed by atoms with Gasteiger partial charge in [0.05, 0.1) is 6.04 Å². The third-order valence-corrected chi connectivity index (χ3v) is 4.43. The van der Waals surface area contributed by atoms with Gasteiger partial charge in [0.2, 0.25) is 12.1 Å². The average Bonchev–Trinajstić information content (AvgIpc) is 3.06. The van der Waals surface area contributed by atoms with Crippen LogP contribution >= 0.6 is 11.3 Å². The smallest absolute Gasteiger partial charge is 0.358 e. The molecule has 6 nitrogen and oxygen atoms in total. The molecule has 0 spiro atoms. The first-order valence-electron chi connectivity index (χ1n) is 6.14. The molecule has 100 valence electrons. The number of aryl methyl sites for hydroxylation is 1. The van der Waals surface area contributed by atoms with Gasteiger partial charge in [0.25, 0.3) is 0 Å². The first-order chi connectivity index (χ1) is 9.18. The lowest BCUT2D eigenvalue weighted by atomic mass is 10.2. The maximum Gasteiger partial charge on any atom is 0.406 e. The summed E-state index contributed by atoms with van der Waals surface area (Å²) in [6, 6.07) is 4.35. The standard InChI is InChI=1S/C12H14N4O2S/c1-14-8-13-11(16(17)18)12(14)15-6-2-4-9(15)10-5-3-7-19-10/h3,5,7-9H,2,4,6H2,1H3/t9-/m0/s1. The van der Waals surface area contributed by atoms with Gasteiger partial charge in [-0.05, 0) is 34.2 Å². The normalized spacial score (nSPS) is 19.0. The first-order valence-corrected chi connectivity index (χ1v) is 7.02. The van der Waals surface area contributed by atoms with Crippen LogP contribution in [-0.4, -0.2) is 21.0 Å². The van der Waals surface area contributed by atoms with Crippen molar-refractivity contribution >= 4 is 23.0 Å². The molecule has 0 aromatic carbocycles. The molecule has 1 aliphatic rings. The number of hydrogen-bond acceptors (Lipinski definition) is 5. The lowest BCUT2D eigenvalue weighted by molar-refractivity contribution is -0.388. The molecule has 0 saturated carbocycles. The number of nitro groups is 1. The molecule has 1 saturated heterocycles. The van der Waals surface area contributed by atoms with E-state index in [1.807, 2.05) is 11.4 Å². The van der Waals surface area contributed by atoms with Crippen LogP contribution in [0, 0.1) is 10.1 Å². The molecule has 0 amide bonds. The van der Waals surface area contributed by atoms with Gasteiger partial charge in [-0.2, -0.15) is 0 Å². The van der Waals surface area contributed by atoms with Crippen molar-refractivity contribution in [2.24, 2.45) is 7.05 Å². The Kier molecular flexibility index (Phi) is 2.98. The summed E-state index contributed by atoms with van der Waals surface area (Å²) in [5.41, 5.74) is 0. The summed E-state index contributed by atoms with van der Waals surface area (Å²) in [5, 5.41) is 13.1. The summed E-state index contributed by atoms with van der Waals surface area (Å²) in [4.78, 5) is 18.0. The van der Waals surface area contributed by atoms with Gasteiger partial charge in [-0.3, -0.25) is 4.57 Å². The van der Waals surface area contributed by atoms with Crippen molar-refractivity contribution < 1.29 is 4.92 Å². The minimum atomic E-state index is -0.404. The molecule has 1 fully saturated rings. The van der Waals surface area contributed by atoms with E-state index in [1.54, 1.807) is 23.0 Å². The molecule has 1 aliphatic heterocycles. The third-order valence-electron chi connectivity index (χ3n) is 3.46. The Morgan fingerprint density at radius 1 is 1.58 bits per heavy atom. The highest BCUT2D eigenvalue weighted by atomic mass is 32.1. The van der Waals surface area contributed by atoms with Crippen LogP contribution in [0.5, 0.6) is 0 Å². The van der Waals surface area contributed by atoms with Crippen molar-refractivity contribution in [3.8, 4) is 0 Å². The largest absolute Gasteiger partial charge is 0.406 e. The van der Waals surface area contributed by atoms with E-state index in [0.717, 1.165) is 19.4 Å². The fourth-order valence-corrected chi connectivity index (χ4v) is 3.54. The fraction of sp³-hybridized carbons (Fsp3) is 0.417. The van der Waals surface area contributed by atoms with Crippen LogP contribution in [0.15, 0.2) is 23.8 Å². The van der Waals surface area contributed by atoms with E-state index < -0.39 is 4.92 Å². The predicted molar refractivity (Wildman–Crippen MR) is 73.5 cm³/mol. The molecular weight excluding hydrogens is 264 g/mol. The zero-order valence-corrected chi connectivity index (χ0v) is 11.3. The highest BCUT2D eigenvalue weighted by Crippen LogP contribution is 2.40. The number of hydrogen-bond donors (Lipinski definition) is 0. The summed E-state index contributed by atoms with van der Waals surface area (Å²) >= 11 is 1.70. The highest BCUT2D eigenvalue weighted by molar-refractivity contribution is 7.10. The van der Waals surface area contributed by atoms with Crippen LogP contribution in [0.4, 0.5) is 11.6 Å². The van der Waals surface area contributed by atoms with Crippen molar-refractivity contribution in [3.05, 3.63) is 38.8 Å². The summed E-state index contributed by atoms with van der Waals surface area (Å²) in [6.07, 6.45) is 3.59. The van der Waals surface area contributed by atoms with E-state index in [9.17, 15) is 10.1 Å². The van der Waals surface area contributed by atoms with E-state index in [2.05, 4.69) is 16.0 Å². The van der Waals surface area contributed by atoms with Gasteiger partial charge in [-0.25, -0.2) is 0 Å². The molecule has 0 bridgehead atoms. The van der Waals surface area contributed by atoms with Gasteiger partial charge in [-0.15, -0.1) is 11.3 Å². The van der Waals surface area contributed by atoms with Crippen molar-refractivity contribution in [3.63, 3.8) is 0 Å². The number of thiophene rings is 1. The van der Waals surface area contributed by atoms with Crippen LogP contribution in [-0.2, 0) is 7.05 Å². The lowest BCUT2D eigenvalue weighted by Crippen LogP contribution is -2.24. The zero-order valence-electron chi connectivity index (χ0n) is 10.5. The second kappa shape index (κ2) is 4.65. The van der Waals surface area contributed by atoms with Gasteiger partial charge >= 0.3 is 5.82 Å². The second-order valence-electron chi connectivity index (χ2n) is 4.63. The monoisotopic (exact) mass is 278 g/mol. The summed E-state index contributed by atoms with van der Waals surface area (Å²) in [7, 11) is 1.80. The molecule has 0 N–H and O–H groups in total. The van der Waals surface area contributed by atoms with Crippen LogP contribution in [0.2, 0.25) is 0 Å².